The van der Waals surface area contributed by atoms with Crippen molar-refractivity contribution in [1.29, 1.82) is 10.7 Å². The predicted octanol–water partition coefficient (Wildman–Crippen LogP) is -0.782. The lowest BCUT2D eigenvalue weighted by molar-refractivity contribution is -0.301. The molecule has 14 heavy (non-hydrogen) atoms. The SMILES string of the molecule is CC(=N)C(C#N)C(=O)CSCC(=O)[O-]. The second-order valence-electron chi connectivity index (χ2n) is 2.58. The molecule has 0 spiro atoms. The van der Waals surface area contributed by atoms with E-state index in [1.54, 1.807) is 6.07 Å². The van der Waals surface area contributed by atoms with Crippen LogP contribution < -0.4 is 5.11 Å². The van der Waals surface area contributed by atoms with E-state index in [2.05, 4.69) is 0 Å². The number of carboxylic acid groups (broad SMARTS) is 1. The van der Waals surface area contributed by atoms with Crippen LogP contribution in [0.1, 0.15) is 6.92 Å². The number of carboxylic acids is 1. The topological polar surface area (TPSA) is 105 Å². The first-order valence-electron chi connectivity index (χ1n) is 3.74. The smallest absolute Gasteiger partial charge is 0.165 e. The van der Waals surface area contributed by atoms with Gasteiger partial charge < -0.3 is 15.3 Å². The van der Waals surface area contributed by atoms with Gasteiger partial charge in [-0.15, -0.1) is 11.8 Å². The van der Waals surface area contributed by atoms with Gasteiger partial charge >= 0.3 is 0 Å². The molecule has 0 aromatic carbocycles. The number of nitrogens with one attached hydrogen (secondary N) is 1. The molecule has 1 atom stereocenters. The van der Waals surface area contributed by atoms with Gasteiger partial charge in [0.1, 0.15) is 5.92 Å². The minimum Gasteiger partial charge on any atom is -0.549 e. The highest BCUT2D eigenvalue weighted by molar-refractivity contribution is 8.00. The Morgan fingerprint density at radius 2 is 2.14 bits per heavy atom. The van der Waals surface area contributed by atoms with Crippen LogP contribution in [0.3, 0.4) is 0 Å². The number of hydrogen-bond acceptors (Lipinski definition) is 6. The molecule has 0 heterocycles. The van der Waals surface area contributed by atoms with Gasteiger partial charge in [0.05, 0.1) is 17.8 Å². The van der Waals surface area contributed by atoms with Gasteiger partial charge in [-0.3, -0.25) is 4.79 Å². The van der Waals surface area contributed by atoms with Gasteiger partial charge in [-0.05, 0) is 6.92 Å². The minimum absolute atomic E-state index is 0.0217. The zero-order valence-electron chi connectivity index (χ0n) is 7.57. The van der Waals surface area contributed by atoms with Crippen LogP contribution in [0.15, 0.2) is 0 Å². The maximum absolute atomic E-state index is 11.2. The maximum Gasteiger partial charge on any atom is 0.165 e. The van der Waals surface area contributed by atoms with Crippen LogP contribution in [0, 0.1) is 22.7 Å². The Bertz CT molecular complexity index is 295. The third-order valence-electron chi connectivity index (χ3n) is 1.35. The molecule has 0 amide bonds. The fourth-order valence-electron chi connectivity index (χ4n) is 0.729. The van der Waals surface area contributed by atoms with E-state index < -0.39 is 17.7 Å². The average molecular weight is 213 g/mol. The number of Topliss-reactive ketones (excluding diaryl/α,β-unsaturated/α-hetero) is 1. The fourth-order valence-corrected chi connectivity index (χ4v) is 1.37. The Kier molecular flexibility index (Phi) is 5.56. The molecule has 0 bridgehead atoms. The molecule has 0 aromatic rings. The Hall–Kier alpha value is -1.35. The van der Waals surface area contributed by atoms with Crippen LogP contribution in [0.2, 0.25) is 0 Å². The summed E-state index contributed by atoms with van der Waals surface area (Å²) in [5.74, 6) is -3.10. The molecule has 0 fully saturated rings. The van der Waals surface area contributed by atoms with Crippen LogP contribution in [0.25, 0.3) is 0 Å². The number of nitriles is 1. The summed E-state index contributed by atoms with van der Waals surface area (Å²) in [6.45, 7) is 1.37. The van der Waals surface area contributed by atoms with Crippen LogP contribution in [-0.4, -0.2) is 29.0 Å². The molecule has 6 heteroatoms. The molecular formula is C8H9N2O3S-. The number of ketones is 1. The summed E-state index contributed by atoms with van der Waals surface area (Å²) in [6.07, 6.45) is 0. The fraction of sp³-hybridized carbons (Fsp3) is 0.500. The van der Waals surface area contributed by atoms with Crippen molar-refractivity contribution in [3.05, 3.63) is 0 Å². The van der Waals surface area contributed by atoms with Crippen molar-refractivity contribution in [1.82, 2.24) is 0 Å². The molecular weight excluding hydrogens is 204 g/mol. The summed E-state index contributed by atoms with van der Waals surface area (Å²) in [6, 6.07) is 1.69. The number of thioether (sulfide) groups is 1. The van der Waals surface area contributed by atoms with E-state index in [4.69, 9.17) is 10.7 Å². The van der Waals surface area contributed by atoms with Crippen molar-refractivity contribution in [2.45, 2.75) is 6.92 Å². The summed E-state index contributed by atoms with van der Waals surface area (Å²) >= 11 is 0.871. The molecule has 1 unspecified atom stereocenters. The molecule has 0 aliphatic heterocycles. The van der Waals surface area contributed by atoms with Crippen LogP contribution >= 0.6 is 11.8 Å². The largest absolute Gasteiger partial charge is 0.549 e. The number of carbonyl (C=O) groups excluding carboxylic acids is 2. The maximum atomic E-state index is 11.2. The van der Waals surface area contributed by atoms with Gasteiger partial charge in [0.15, 0.2) is 5.78 Å². The molecule has 1 N–H and O–H groups in total. The van der Waals surface area contributed by atoms with Crippen molar-refractivity contribution in [2.75, 3.05) is 11.5 Å². The molecule has 0 aliphatic carbocycles. The zero-order chi connectivity index (χ0) is 11.1. The van der Waals surface area contributed by atoms with E-state index in [1.165, 1.54) is 6.92 Å². The molecule has 0 saturated heterocycles. The first kappa shape index (κ1) is 12.7. The van der Waals surface area contributed by atoms with E-state index in [0.717, 1.165) is 11.8 Å². The van der Waals surface area contributed by atoms with E-state index in [9.17, 15) is 14.7 Å². The van der Waals surface area contributed by atoms with E-state index in [0.29, 0.717) is 0 Å². The summed E-state index contributed by atoms with van der Waals surface area (Å²) < 4.78 is 0. The van der Waals surface area contributed by atoms with Gasteiger partial charge in [0.2, 0.25) is 0 Å². The standard InChI is InChI=1S/C8H10N2O3S/c1-5(10)6(2-9)7(11)3-14-4-8(12)13/h6,10H,3-4H2,1H3,(H,12,13)/p-1. The lowest BCUT2D eigenvalue weighted by atomic mass is 10.0. The van der Waals surface area contributed by atoms with Crippen molar-refractivity contribution >= 4 is 29.2 Å². The molecule has 0 rings (SSSR count). The van der Waals surface area contributed by atoms with Gasteiger partial charge in [0.25, 0.3) is 0 Å². The van der Waals surface area contributed by atoms with Crippen LogP contribution in [0.4, 0.5) is 0 Å². The lowest BCUT2D eigenvalue weighted by Gasteiger charge is -2.05. The van der Waals surface area contributed by atoms with Crippen LogP contribution in [0.5, 0.6) is 0 Å². The van der Waals surface area contributed by atoms with Crippen molar-refractivity contribution < 1.29 is 14.7 Å². The second kappa shape index (κ2) is 6.16. The highest BCUT2D eigenvalue weighted by Gasteiger charge is 2.19. The van der Waals surface area contributed by atoms with E-state index in [1.807, 2.05) is 0 Å². The van der Waals surface area contributed by atoms with Crippen molar-refractivity contribution in [2.24, 2.45) is 5.92 Å². The summed E-state index contributed by atoms with van der Waals surface area (Å²) in [4.78, 5) is 21.2. The number of aliphatic carboxylic acids is 1. The predicted molar refractivity (Wildman–Crippen MR) is 49.8 cm³/mol. The third kappa shape index (κ3) is 4.62. The lowest BCUT2D eigenvalue weighted by Crippen LogP contribution is -2.26. The van der Waals surface area contributed by atoms with E-state index >= 15 is 0 Å². The first-order chi connectivity index (χ1) is 6.49. The number of carbonyl (C=O) groups is 2. The number of nitrogens with zero attached hydrogens (tertiary/aromatic N) is 1. The molecule has 76 valence electrons. The Labute approximate surface area is 85.6 Å². The Morgan fingerprint density at radius 3 is 2.50 bits per heavy atom. The summed E-state index contributed by atoms with van der Waals surface area (Å²) in [5.41, 5.74) is -0.0217. The molecule has 5 nitrogen and oxygen atoms in total. The highest BCUT2D eigenvalue weighted by atomic mass is 32.2. The van der Waals surface area contributed by atoms with Gasteiger partial charge in [-0.25, -0.2) is 0 Å². The third-order valence-corrected chi connectivity index (χ3v) is 2.28. The number of hydrogen-bond donors (Lipinski definition) is 1. The molecule has 0 aromatic heterocycles. The quantitative estimate of drug-likeness (QED) is 0.582. The van der Waals surface area contributed by atoms with Gasteiger partial charge in [-0.2, -0.15) is 5.26 Å². The zero-order valence-corrected chi connectivity index (χ0v) is 8.39. The van der Waals surface area contributed by atoms with E-state index in [-0.39, 0.29) is 17.2 Å². The van der Waals surface area contributed by atoms with Crippen molar-refractivity contribution in [3.8, 4) is 6.07 Å². The van der Waals surface area contributed by atoms with Crippen LogP contribution in [-0.2, 0) is 9.59 Å². The first-order valence-corrected chi connectivity index (χ1v) is 4.89. The average Bonchev–Trinajstić information content (AvgIpc) is 2.03. The molecule has 0 radical (unpaired) electrons. The number of rotatable bonds is 6. The van der Waals surface area contributed by atoms with Gasteiger partial charge in [-0.1, -0.05) is 0 Å². The monoisotopic (exact) mass is 213 g/mol. The minimum atomic E-state index is -1.25. The highest BCUT2D eigenvalue weighted by Crippen LogP contribution is 2.06. The Balaban J connectivity index is 4.02. The van der Waals surface area contributed by atoms with Gasteiger partial charge in [0, 0.05) is 11.5 Å². The molecule has 0 aliphatic rings. The molecule has 0 saturated carbocycles. The summed E-state index contributed by atoms with van der Waals surface area (Å²) in [7, 11) is 0. The van der Waals surface area contributed by atoms with Crippen molar-refractivity contribution in [3.63, 3.8) is 0 Å². The normalized spacial score (nSPS) is 11.4. The Morgan fingerprint density at radius 1 is 1.57 bits per heavy atom. The second-order valence-corrected chi connectivity index (χ2v) is 3.56. The summed E-state index contributed by atoms with van der Waals surface area (Å²) in [5, 5.41) is 25.7.